The van der Waals surface area contributed by atoms with Crippen LogP contribution in [0.2, 0.25) is 0 Å². The van der Waals surface area contributed by atoms with E-state index in [2.05, 4.69) is 6.92 Å². The van der Waals surface area contributed by atoms with E-state index in [9.17, 15) is 13.2 Å². The van der Waals surface area contributed by atoms with Crippen molar-refractivity contribution in [3.05, 3.63) is 29.8 Å². The van der Waals surface area contributed by atoms with Gasteiger partial charge in [0.1, 0.15) is 0 Å². The van der Waals surface area contributed by atoms with Gasteiger partial charge in [0.25, 0.3) is 0 Å². The quantitative estimate of drug-likeness (QED) is 0.840. The molecule has 0 saturated heterocycles. The second-order valence-corrected chi connectivity index (χ2v) is 8.07. The summed E-state index contributed by atoms with van der Waals surface area (Å²) >= 11 is 0. The molecule has 1 aliphatic carbocycles. The summed E-state index contributed by atoms with van der Waals surface area (Å²) in [6.07, 6.45) is 2.22. The molecule has 5 heteroatoms. The highest BCUT2D eigenvalue weighted by Crippen LogP contribution is 2.45. The van der Waals surface area contributed by atoms with Crippen LogP contribution in [0.25, 0.3) is 0 Å². The largest absolute Gasteiger partial charge is 0.481 e. The fourth-order valence-electron chi connectivity index (χ4n) is 2.79. The second-order valence-electron chi connectivity index (χ2n) is 5.97. The lowest BCUT2D eigenvalue weighted by molar-refractivity contribution is -0.138. The zero-order chi connectivity index (χ0) is 15.6. The smallest absolute Gasteiger partial charge is 0.306 e. The summed E-state index contributed by atoms with van der Waals surface area (Å²) in [7, 11) is -3.16. The first kappa shape index (κ1) is 16.0. The third kappa shape index (κ3) is 3.84. The summed E-state index contributed by atoms with van der Waals surface area (Å²) in [5.41, 5.74) is 1.07. The summed E-state index contributed by atoms with van der Waals surface area (Å²) in [4.78, 5) is 11.2. The van der Waals surface area contributed by atoms with Gasteiger partial charge in [-0.15, -0.1) is 0 Å². The van der Waals surface area contributed by atoms with E-state index in [0.29, 0.717) is 11.3 Å². The second kappa shape index (κ2) is 6.18. The maximum Gasteiger partial charge on any atom is 0.306 e. The first-order valence-electron chi connectivity index (χ1n) is 7.40. The highest BCUT2D eigenvalue weighted by molar-refractivity contribution is 7.91. The minimum atomic E-state index is -3.16. The van der Waals surface area contributed by atoms with Crippen LogP contribution in [0, 0.1) is 11.8 Å². The molecule has 0 amide bonds. The van der Waals surface area contributed by atoms with Crippen LogP contribution in [0.4, 0.5) is 0 Å². The zero-order valence-corrected chi connectivity index (χ0v) is 13.3. The van der Waals surface area contributed by atoms with Crippen molar-refractivity contribution in [2.45, 2.75) is 43.9 Å². The van der Waals surface area contributed by atoms with E-state index >= 15 is 0 Å². The van der Waals surface area contributed by atoms with Gasteiger partial charge in [-0.1, -0.05) is 26.0 Å². The minimum Gasteiger partial charge on any atom is -0.481 e. The average Bonchev–Trinajstić information content (AvgIpc) is 3.18. The molecule has 3 atom stereocenters. The van der Waals surface area contributed by atoms with E-state index in [0.717, 1.165) is 18.4 Å². The van der Waals surface area contributed by atoms with Crippen molar-refractivity contribution in [1.29, 1.82) is 0 Å². The van der Waals surface area contributed by atoms with Crippen LogP contribution in [0.1, 0.15) is 44.6 Å². The fraction of sp³-hybridized carbons (Fsp3) is 0.562. The van der Waals surface area contributed by atoms with Gasteiger partial charge < -0.3 is 5.11 Å². The molecule has 1 aromatic rings. The van der Waals surface area contributed by atoms with Gasteiger partial charge in [0.05, 0.1) is 16.6 Å². The molecule has 1 saturated carbocycles. The highest BCUT2D eigenvalue weighted by Gasteiger charge is 2.43. The SMILES string of the molecule is CCCS(=O)(=O)c1ccc(C(C)CC2CC2C(=O)O)cc1. The molecular formula is C16H22O4S. The predicted octanol–water partition coefficient (Wildman–Crippen LogP) is 3.08. The van der Waals surface area contributed by atoms with Crippen LogP contribution < -0.4 is 0 Å². The van der Waals surface area contributed by atoms with Gasteiger partial charge in [0, 0.05) is 0 Å². The topological polar surface area (TPSA) is 71.4 Å². The third-order valence-corrected chi connectivity index (χ3v) is 6.11. The minimum absolute atomic E-state index is 0.171. The molecule has 4 nitrogen and oxygen atoms in total. The number of hydrogen-bond donors (Lipinski definition) is 1. The van der Waals surface area contributed by atoms with Gasteiger partial charge in [0.15, 0.2) is 9.84 Å². The van der Waals surface area contributed by atoms with E-state index in [-0.39, 0.29) is 23.5 Å². The zero-order valence-electron chi connectivity index (χ0n) is 12.5. The van der Waals surface area contributed by atoms with Crippen LogP contribution in [-0.2, 0) is 14.6 Å². The van der Waals surface area contributed by atoms with E-state index in [4.69, 9.17) is 5.11 Å². The Balaban J connectivity index is 2.01. The van der Waals surface area contributed by atoms with Crippen molar-refractivity contribution in [2.24, 2.45) is 11.8 Å². The number of carboxylic acids is 1. The van der Waals surface area contributed by atoms with Crippen LogP contribution in [0.3, 0.4) is 0 Å². The Kier molecular flexibility index (Phi) is 4.71. The van der Waals surface area contributed by atoms with Gasteiger partial charge in [-0.2, -0.15) is 0 Å². The summed E-state index contributed by atoms with van der Waals surface area (Å²) in [5, 5.41) is 8.92. The maximum absolute atomic E-state index is 12.0. The molecule has 1 N–H and O–H groups in total. The number of benzene rings is 1. The van der Waals surface area contributed by atoms with Gasteiger partial charge >= 0.3 is 5.97 Å². The molecule has 0 aliphatic heterocycles. The molecule has 2 rings (SSSR count). The van der Waals surface area contributed by atoms with Gasteiger partial charge in [-0.25, -0.2) is 8.42 Å². The highest BCUT2D eigenvalue weighted by atomic mass is 32.2. The summed E-state index contributed by atoms with van der Waals surface area (Å²) in [5.74, 6) is -0.197. The Labute approximate surface area is 126 Å². The van der Waals surface area contributed by atoms with E-state index < -0.39 is 15.8 Å². The number of rotatable bonds is 7. The summed E-state index contributed by atoms with van der Waals surface area (Å²) < 4.78 is 23.9. The van der Waals surface area contributed by atoms with Crippen molar-refractivity contribution < 1.29 is 18.3 Å². The Morgan fingerprint density at radius 3 is 2.43 bits per heavy atom. The van der Waals surface area contributed by atoms with Gasteiger partial charge in [-0.3, -0.25) is 4.79 Å². The first-order valence-corrected chi connectivity index (χ1v) is 9.06. The van der Waals surface area contributed by atoms with Crippen molar-refractivity contribution >= 4 is 15.8 Å². The molecule has 1 fully saturated rings. The number of carboxylic acid groups (broad SMARTS) is 1. The average molecular weight is 310 g/mol. The Morgan fingerprint density at radius 1 is 1.33 bits per heavy atom. The van der Waals surface area contributed by atoms with Crippen molar-refractivity contribution in [3.63, 3.8) is 0 Å². The number of aliphatic carboxylic acids is 1. The van der Waals surface area contributed by atoms with Crippen molar-refractivity contribution in [2.75, 3.05) is 5.75 Å². The normalized spacial score (nSPS) is 22.8. The van der Waals surface area contributed by atoms with E-state index in [1.807, 2.05) is 19.1 Å². The Bertz CT molecular complexity index is 604. The molecule has 0 aromatic heterocycles. The lowest BCUT2D eigenvalue weighted by Gasteiger charge is -2.12. The molecule has 1 aromatic carbocycles. The number of carbonyl (C=O) groups is 1. The van der Waals surface area contributed by atoms with E-state index in [1.54, 1.807) is 12.1 Å². The first-order chi connectivity index (χ1) is 9.85. The van der Waals surface area contributed by atoms with E-state index in [1.165, 1.54) is 0 Å². The summed E-state index contributed by atoms with van der Waals surface area (Å²) in [6, 6.07) is 7.04. The van der Waals surface area contributed by atoms with Gasteiger partial charge in [-0.05, 0) is 48.8 Å². The van der Waals surface area contributed by atoms with Crippen LogP contribution in [0.15, 0.2) is 29.2 Å². The lowest BCUT2D eigenvalue weighted by atomic mass is 9.95. The van der Waals surface area contributed by atoms with Gasteiger partial charge in [0.2, 0.25) is 0 Å². The maximum atomic E-state index is 12.0. The fourth-order valence-corrected chi connectivity index (χ4v) is 4.11. The molecule has 0 spiro atoms. The Hall–Kier alpha value is -1.36. The van der Waals surface area contributed by atoms with Crippen molar-refractivity contribution in [3.8, 4) is 0 Å². The van der Waals surface area contributed by atoms with Crippen LogP contribution in [-0.4, -0.2) is 25.2 Å². The third-order valence-electron chi connectivity index (χ3n) is 4.18. The molecular weight excluding hydrogens is 288 g/mol. The predicted molar refractivity (Wildman–Crippen MR) is 81.1 cm³/mol. The van der Waals surface area contributed by atoms with Crippen LogP contribution in [0.5, 0.6) is 0 Å². The number of sulfone groups is 1. The van der Waals surface area contributed by atoms with Crippen molar-refractivity contribution in [1.82, 2.24) is 0 Å². The molecule has 116 valence electrons. The molecule has 0 bridgehead atoms. The standard InChI is InChI=1S/C16H22O4S/c1-3-8-21(19,20)14-6-4-12(5-7-14)11(2)9-13-10-15(13)16(17)18/h4-7,11,13,15H,3,8-10H2,1-2H3,(H,17,18). The lowest BCUT2D eigenvalue weighted by Crippen LogP contribution is -2.06. The number of hydrogen-bond acceptors (Lipinski definition) is 3. The molecule has 21 heavy (non-hydrogen) atoms. The Morgan fingerprint density at radius 2 is 1.95 bits per heavy atom. The summed E-state index contributed by atoms with van der Waals surface area (Å²) in [6.45, 7) is 3.91. The molecule has 1 aliphatic rings. The van der Waals surface area contributed by atoms with Crippen LogP contribution >= 0.6 is 0 Å². The molecule has 0 heterocycles. The monoisotopic (exact) mass is 310 g/mol. The molecule has 3 unspecified atom stereocenters. The molecule has 0 radical (unpaired) electrons.